The Balaban J connectivity index is 1.77. The molecule has 0 amide bonds. The van der Waals surface area contributed by atoms with Gasteiger partial charge in [0.25, 0.3) is 0 Å². The van der Waals surface area contributed by atoms with Crippen LogP contribution in [-0.4, -0.2) is 57.3 Å². The summed E-state index contributed by atoms with van der Waals surface area (Å²) in [6.45, 7) is 2.94. The van der Waals surface area contributed by atoms with Gasteiger partial charge in [-0.2, -0.15) is 4.98 Å². The maximum atomic E-state index is 5.32. The summed E-state index contributed by atoms with van der Waals surface area (Å²) in [6.07, 6.45) is 2.73. The van der Waals surface area contributed by atoms with Gasteiger partial charge in [0.15, 0.2) is 5.13 Å². The van der Waals surface area contributed by atoms with E-state index >= 15 is 0 Å². The Kier molecular flexibility index (Phi) is 5.01. The largest absolute Gasteiger partial charge is 0.480 e. The van der Waals surface area contributed by atoms with Crippen LogP contribution in [0.1, 0.15) is 17.7 Å². The molecule has 0 aromatic carbocycles. The molecule has 1 N–H and O–H groups in total. The molecule has 19 heavy (non-hydrogen) atoms. The zero-order chi connectivity index (χ0) is 13.8. The van der Waals surface area contributed by atoms with Gasteiger partial charge in [-0.25, -0.2) is 0 Å². The predicted molar refractivity (Wildman–Crippen MR) is 80.4 cm³/mol. The lowest BCUT2D eigenvalue weighted by Gasteiger charge is -2.15. The molecule has 108 valence electrons. The molecule has 1 heterocycles. The van der Waals surface area contributed by atoms with Gasteiger partial charge >= 0.3 is 0 Å². The zero-order valence-corrected chi connectivity index (χ0v) is 13.1. The molecule has 1 aliphatic carbocycles. The van der Waals surface area contributed by atoms with E-state index < -0.39 is 0 Å². The molecule has 1 saturated carbocycles. The van der Waals surface area contributed by atoms with Crippen molar-refractivity contribution in [3.8, 4) is 5.88 Å². The van der Waals surface area contributed by atoms with Gasteiger partial charge in [0, 0.05) is 39.8 Å². The number of aromatic nitrogens is 1. The molecule has 0 atom stereocenters. The highest BCUT2D eigenvalue weighted by molar-refractivity contribution is 7.15. The first-order valence-electron chi connectivity index (χ1n) is 6.73. The monoisotopic (exact) mass is 284 g/mol. The number of thiazole rings is 1. The van der Waals surface area contributed by atoms with Crippen molar-refractivity contribution in [2.45, 2.75) is 25.4 Å². The summed E-state index contributed by atoms with van der Waals surface area (Å²) in [6, 6.07) is 0.833. The number of hydrogen-bond donors (Lipinski definition) is 1. The summed E-state index contributed by atoms with van der Waals surface area (Å²) in [7, 11) is 7.88. The van der Waals surface area contributed by atoms with Crippen LogP contribution in [0.25, 0.3) is 0 Å². The standard InChI is InChI=1S/C13H24N4OS/c1-16(2)13-15-12(18-4)11(19-13)9-14-7-8-17(3)10-5-6-10/h10,14H,5-9H2,1-4H3. The van der Waals surface area contributed by atoms with Crippen molar-refractivity contribution in [1.82, 2.24) is 15.2 Å². The number of nitrogens with zero attached hydrogens (tertiary/aromatic N) is 3. The first-order chi connectivity index (χ1) is 9.11. The Morgan fingerprint density at radius 1 is 1.37 bits per heavy atom. The number of anilines is 1. The Morgan fingerprint density at radius 2 is 2.11 bits per heavy atom. The fourth-order valence-electron chi connectivity index (χ4n) is 1.94. The van der Waals surface area contributed by atoms with E-state index in [9.17, 15) is 0 Å². The molecule has 2 rings (SSSR count). The van der Waals surface area contributed by atoms with Crippen LogP contribution in [0.4, 0.5) is 5.13 Å². The maximum absolute atomic E-state index is 5.32. The molecule has 0 bridgehead atoms. The van der Waals surface area contributed by atoms with Gasteiger partial charge < -0.3 is 19.9 Å². The second-order valence-corrected chi connectivity index (χ2v) is 6.27. The number of ether oxygens (including phenoxy) is 1. The van der Waals surface area contributed by atoms with Crippen LogP contribution in [-0.2, 0) is 6.54 Å². The normalized spacial score (nSPS) is 15.0. The lowest BCUT2D eigenvalue weighted by Crippen LogP contribution is -2.30. The molecular formula is C13H24N4OS. The highest BCUT2D eigenvalue weighted by atomic mass is 32.1. The lowest BCUT2D eigenvalue weighted by molar-refractivity contribution is 0.321. The first-order valence-corrected chi connectivity index (χ1v) is 7.55. The Labute approximate surface area is 119 Å². The fraction of sp³-hybridized carbons (Fsp3) is 0.769. The van der Waals surface area contributed by atoms with Crippen molar-refractivity contribution in [3.05, 3.63) is 4.88 Å². The summed E-state index contributed by atoms with van der Waals surface area (Å²) < 4.78 is 5.32. The summed E-state index contributed by atoms with van der Waals surface area (Å²) in [4.78, 5) is 10.1. The average Bonchev–Trinajstić information content (AvgIpc) is 3.15. The van der Waals surface area contributed by atoms with Gasteiger partial charge in [-0.1, -0.05) is 11.3 Å². The molecule has 0 aliphatic heterocycles. The van der Waals surface area contributed by atoms with Gasteiger partial charge in [0.2, 0.25) is 5.88 Å². The van der Waals surface area contributed by atoms with Crippen LogP contribution >= 0.6 is 11.3 Å². The van der Waals surface area contributed by atoms with Crippen molar-refractivity contribution in [2.24, 2.45) is 0 Å². The molecule has 1 aromatic heterocycles. The van der Waals surface area contributed by atoms with E-state index in [-0.39, 0.29) is 0 Å². The summed E-state index contributed by atoms with van der Waals surface area (Å²) in [5.41, 5.74) is 0. The van der Waals surface area contributed by atoms with E-state index in [0.717, 1.165) is 36.7 Å². The highest BCUT2D eigenvalue weighted by Crippen LogP contribution is 2.30. The van der Waals surface area contributed by atoms with Gasteiger partial charge in [-0.3, -0.25) is 0 Å². The first kappa shape index (κ1) is 14.6. The van der Waals surface area contributed by atoms with Gasteiger partial charge in [0.05, 0.1) is 12.0 Å². The molecule has 1 fully saturated rings. The second kappa shape index (κ2) is 6.54. The third kappa shape index (κ3) is 4.06. The molecule has 0 saturated heterocycles. The zero-order valence-electron chi connectivity index (χ0n) is 12.3. The topological polar surface area (TPSA) is 40.6 Å². The molecule has 0 spiro atoms. The minimum atomic E-state index is 0.747. The molecule has 1 aromatic rings. The van der Waals surface area contributed by atoms with Crippen molar-refractivity contribution < 1.29 is 4.74 Å². The summed E-state index contributed by atoms with van der Waals surface area (Å²) in [5, 5.41) is 4.46. The predicted octanol–water partition coefficient (Wildman–Crippen LogP) is 1.40. The number of nitrogens with one attached hydrogen (secondary N) is 1. The number of rotatable bonds is 8. The Hall–Kier alpha value is -0.850. The fourth-order valence-corrected chi connectivity index (χ4v) is 2.87. The van der Waals surface area contributed by atoms with Crippen LogP contribution in [0.2, 0.25) is 0 Å². The molecule has 1 aliphatic rings. The number of hydrogen-bond acceptors (Lipinski definition) is 6. The van der Waals surface area contributed by atoms with Gasteiger partial charge in [-0.15, -0.1) is 0 Å². The van der Waals surface area contributed by atoms with Crippen LogP contribution < -0.4 is 15.0 Å². The number of methoxy groups -OCH3 is 1. The van der Waals surface area contributed by atoms with Crippen LogP contribution in [0.15, 0.2) is 0 Å². The smallest absolute Gasteiger partial charge is 0.230 e. The number of likely N-dealkylation sites (N-methyl/N-ethyl adjacent to an activating group) is 1. The molecule has 5 nitrogen and oxygen atoms in total. The van der Waals surface area contributed by atoms with Gasteiger partial charge in [0.1, 0.15) is 0 Å². The molecule has 0 unspecified atom stereocenters. The van der Waals surface area contributed by atoms with E-state index in [1.807, 2.05) is 19.0 Å². The van der Waals surface area contributed by atoms with E-state index in [4.69, 9.17) is 4.74 Å². The SMILES string of the molecule is COc1nc(N(C)C)sc1CNCCN(C)C1CC1. The minimum Gasteiger partial charge on any atom is -0.480 e. The maximum Gasteiger partial charge on any atom is 0.230 e. The molecular weight excluding hydrogens is 260 g/mol. The minimum absolute atomic E-state index is 0.747. The van der Waals surface area contributed by atoms with Crippen molar-refractivity contribution in [2.75, 3.05) is 46.2 Å². The van der Waals surface area contributed by atoms with Gasteiger partial charge in [-0.05, 0) is 19.9 Å². The van der Waals surface area contributed by atoms with E-state index in [0.29, 0.717) is 0 Å². The van der Waals surface area contributed by atoms with E-state index in [1.165, 1.54) is 17.7 Å². The average molecular weight is 284 g/mol. The van der Waals surface area contributed by atoms with Crippen LogP contribution in [0.5, 0.6) is 5.88 Å². The Morgan fingerprint density at radius 3 is 2.68 bits per heavy atom. The Bertz CT molecular complexity index is 403. The quantitative estimate of drug-likeness (QED) is 0.731. The summed E-state index contributed by atoms with van der Waals surface area (Å²) in [5.74, 6) is 0.747. The van der Waals surface area contributed by atoms with Crippen molar-refractivity contribution >= 4 is 16.5 Å². The van der Waals surface area contributed by atoms with Crippen LogP contribution in [0.3, 0.4) is 0 Å². The lowest BCUT2D eigenvalue weighted by atomic mass is 10.4. The van der Waals surface area contributed by atoms with E-state index in [1.54, 1.807) is 18.4 Å². The van der Waals surface area contributed by atoms with Crippen molar-refractivity contribution in [1.29, 1.82) is 0 Å². The van der Waals surface area contributed by atoms with E-state index in [2.05, 4.69) is 22.2 Å². The molecule has 0 radical (unpaired) electrons. The molecule has 6 heteroatoms. The highest BCUT2D eigenvalue weighted by Gasteiger charge is 2.25. The van der Waals surface area contributed by atoms with Crippen LogP contribution in [0, 0.1) is 0 Å². The van der Waals surface area contributed by atoms with Crippen molar-refractivity contribution in [3.63, 3.8) is 0 Å². The third-order valence-corrected chi connectivity index (χ3v) is 4.53. The summed E-state index contributed by atoms with van der Waals surface area (Å²) >= 11 is 1.68. The third-order valence-electron chi connectivity index (χ3n) is 3.32. The second-order valence-electron chi connectivity index (χ2n) is 5.21.